The van der Waals surface area contributed by atoms with E-state index in [0.717, 1.165) is 19.3 Å². The lowest BCUT2D eigenvalue weighted by Crippen LogP contribution is -2.30. The van der Waals surface area contributed by atoms with Crippen molar-refractivity contribution in [2.24, 2.45) is 17.8 Å². The molecule has 2 aromatic carbocycles. The second-order valence-electron chi connectivity index (χ2n) is 7.40. The van der Waals surface area contributed by atoms with Gasteiger partial charge in [-0.15, -0.1) is 0 Å². The Labute approximate surface area is 157 Å². The zero-order valence-electron chi connectivity index (χ0n) is 15.1. The molecular formula is C22H21NO4. The molecule has 2 fully saturated rings. The number of anilines is 1. The Bertz CT molecular complexity index is 892. The lowest BCUT2D eigenvalue weighted by atomic mass is 9.76. The van der Waals surface area contributed by atoms with Gasteiger partial charge < -0.3 is 4.74 Å². The molecule has 0 bridgehead atoms. The van der Waals surface area contributed by atoms with Crippen LogP contribution in [0.3, 0.4) is 0 Å². The normalized spacial score (nSPS) is 24.6. The first-order valence-electron chi connectivity index (χ1n) is 9.29. The van der Waals surface area contributed by atoms with Crippen LogP contribution < -0.4 is 9.64 Å². The lowest BCUT2D eigenvalue weighted by molar-refractivity contribution is -0.122. The Morgan fingerprint density at radius 2 is 1.70 bits per heavy atom. The average molecular weight is 363 g/mol. The third kappa shape index (κ3) is 3.25. The van der Waals surface area contributed by atoms with Gasteiger partial charge in [0.25, 0.3) is 0 Å². The Balaban J connectivity index is 1.56. The molecule has 2 aromatic rings. The summed E-state index contributed by atoms with van der Waals surface area (Å²) in [4.78, 5) is 39.2. The van der Waals surface area contributed by atoms with E-state index in [1.165, 1.54) is 4.90 Å². The van der Waals surface area contributed by atoms with E-state index in [1.807, 2.05) is 6.07 Å². The number of esters is 1. The Hall–Kier alpha value is -2.95. The lowest BCUT2D eigenvalue weighted by Gasteiger charge is -2.25. The van der Waals surface area contributed by atoms with Gasteiger partial charge in [-0.25, -0.2) is 9.69 Å². The third-order valence-corrected chi connectivity index (χ3v) is 5.48. The first kappa shape index (κ1) is 17.5. The van der Waals surface area contributed by atoms with Crippen LogP contribution in [0.15, 0.2) is 54.6 Å². The number of benzene rings is 2. The molecule has 27 heavy (non-hydrogen) atoms. The van der Waals surface area contributed by atoms with Gasteiger partial charge >= 0.3 is 5.97 Å². The molecule has 2 aliphatic rings. The van der Waals surface area contributed by atoms with Crippen molar-refractivity contribution >= 4 is 23.5 Å². The highest BCUT2D eigenvalue weighted by Gasteiger charge is 2.50. The van der Waals surface area contributed by atoms with Crippen molar-refractivity contribution in [1.29, 1.82) is 0 Å². The fourth-order valence-corrected chi connectivity index (χ4v) is 4.07. The van der Waals surface area contributed by atoms with Crippen molar-refractivity contribution in [2.75, 3.05) is 4.90 Å². The summed E-state index contributed by atoms with van der Waals surface area (Å²) in [7, 11) is 0. The minimum absolute atomic E-state index is 0.136. The number of imide groups is 1. The van der Waals surface area contributed by atoms with Crippen LogP contribution in [-0.2, 0) is 9.59 Å². The highest BCUT2D eigenvalue weighted by atomic mass is 16.5. The second kappa shape index (κ2) is 6.99. The number of ether oxygens (including phenoxy) is 1. The molecule has 0 spiro atoms. The van der Waals surface area contributed by atoms with Crippen LogP contribution in [0.5, 0.6) is 5.75 Å². The number of carbonyl (C=O) groups excluding carboxylic acids is 3. The summed E-state index contributed by atoms with van der Waals surface area (Å²) >= 11 is 0. The molecule has 1 heterocycles. The quantitative estimate of drug-likeness (QED) is 0.472. The Morgan fingerprint density at radius 3 is 2.48 bits per heavy atom. The van der Waals surface area contributed by atoms with Crippen LogP contribution in [0.2, 0.25) is 0 Å². The molecule has 1 saturated carbocycles. The molecule has 0 N–H and O–H groups in total. The molecule has 1 aliphatic carbocycles. The molecule has 5 nitrogen and oxygen atoms in total. The predicted octanol–water partition coefficient (Wildman–Crippen LogP) is 3.83. The number of nitrogens with zero attached hydrogens (tertiary/aromatic N) is 1. The molecule has 0 aromatic heterocycles. The number of amides is 2. The van der Waals surface area contributed by atoms with Crippen LogP contribution in [0, 0.1) is 17.8 Å². The molecule has 0 radical (unpaired) electrons. The van der Waals surface area contributed by atoms with E-state index in [4.69, 9.17) is 4.74 Å². The summed E-state index contributed by atoms with van der Waals surface area (Å²) in [6, 6.07) is 15.3. The van der Waals surface area contributed by atoms with E-state index in [1.54, 1.807) is 48.5 Å². The summed E-state index contributed by atoms with van der Waals surface area (Å²) in [6.45, 7) is 2.13. The number of hydrogen-bond donors (Lipinski definition) is 0. The smallest absolute Gasteiger partial charge is 0.343 e. The predicted molar refractivity (Wildman–Crippen MR) is 100 cm³/mol. The zero-order valence-corrected chi connectivity index (χ0v) is 15.1. The molecule has 1 saturated heterocycles. The minimum Gasteiger partial charge on any atom is -0.423 e. The molecule has 0 unspecified atom stereocenters. The van der Waals surface area contributed by atoms with Gasteiger partial charge in [-0.05, 0) is 49.4 Å². The van der Waals surface area contributed by atoms with Crippen molar-refractivity contribution in [3.63, 3.8) is 0 Å². The molecular weight excluding hydrogens is 342 g/mol. The number of fused-ring (bicyclic) bond motifs is 1. The first-order valence-corrected chi connectivity index (χ1v) is 9.29. The second-order valence-corrected chi connectivity index (χ2v) is 7.40. The van der Waals surface area contributed by atoms with Crippen molar-refractivity contribution in [3.8, 4) is 5.75 Å². The average Bonchev–Trinajstić information content (AvgIpc) is 2.92. The maximum atomic E-state index is 12.8. The minimum atomic E-state index is -0.477. The monoisotopic (exact) mass is 363 g/mol. The molecule has 4 rings (SSSR count). The van der Waals surface area contributed by atoms with Gasteiger partial charge in [-0.3, -0.25) is 9.59 Å². The van der Waals surface area contributed by atoms with Crippen LogP contribution in [0.4, 0.5) is 5.69 Å². The molecule has 2 amide bonds. The summed E-state index contributed by atoms with van der Waals surface area (Å²) in [5.74, 6) is -0.423. The van der Waals surface area contributed by atoms with Gasteiger partial charge in [-0.2, -0.15) is 0 Å². The fraction of sp³-hybridized carbons (Fsp3) is 0.318. The Morgan fingerprint density at radius 1 is 0.963 bits per heavy atom. The van der Waals surface area contributed by atoms with E-state index >= 15 is 0 Å². The number of hydrogen-bond acceptors (Lipinski definition) is 4. The molecule has 3 atom stereocenters. The van der Waals surface area contributed by atoms with Crippen LogP contribution in [0.1, 0.15) is 36.5 Å². The van der Waals surface area contributed by atoms with E-state index in [0.29, 0.717) is 22.9 Å². The van der Waals surface area contributed by atoms with Gasteiger partial charge in [0.2, 0.25) is 11.8 Å². The molecule has 1 aliphatic heterocycles. The van der Waals surface area contributed by atoms with Crippen LogP contribution in [0.25, 0.3) is 0 Å². The zero-order chi connectivity index (χ0) is 19.0. The first-order chi connectivity index (χ1) is 13.0. The summed E-state index contributed by atoms with van der Waals surface area (Å²) < 4.78 is 5.42. The largest absolute Gasteiger partial charge is 0.423 e. The van der Waals surface area contributed by atoms with Crippen molar-refractivity contribution < 1.29 is 19.1 Å². The fourth-order valence-electron chi connectivity index (χ4n) is 4.07. The van der Waals surface area contributed by atoms with Gasteiger partial charge in [-0.1, -0.05) is 31.2 Å². The van der Waals surface area contributed by atoms with E-state index in [-0.39, 0.29) is 23.7 Å². The van der Waals surface area contributed by atoms with Crippen molar-refractivity contribution in [2.45, 2.75) is 26.2 Å². The number of rotatable bonds is 3. The van der Waals surface area contributed by atoms with Gasteiger partial charge in [0, 0.05) is 6.07 Å². The Kier molecular flexibility index (Phi) is 4.52. The molecule has 5 heteroatoms. The topological polar surface area (TPSA) is 63.7 Å². The van der Waals surface area contributed by atoms with Gasteiger partial charge in [0.05, 0.1) is 23.1 Å². The van der Waals surface area contributed by atoms with Crippen molar-refractivity contribution in [3.05, 3.63) is 60.2 Å². The summed E-state index contributed by atoms with van der Waals surface area (Å²) in [5.41, 5.74) is 0.904. The maximum Gasteiger partial charge on any atom is 0.343 e. The van der Waals surface area contributed by atoms with Gasteiger partial charge in [0.1, 0.15) is 5.75 Å². The SMILES string of the molecule is C[C@@H]1CC[C@@H]2C(=O)N(c3cccc(OC(=O)c4ccccc4)c3)C(=O)[C@H]2C1. The summed E-state index contributed by atoms with van der Waals surface area (Å²) in [6.07, 6.45) is 2.49. The maximum absolute atomic E-state index is 12.8. The highest BCUT2D eigenvalue weighted by molar-refractivity contribution is 6.22. The third-order valence-electron chi connectivity index (χ3n) is 5.48. The number of carbonyl (C=O) groups is 3. The molecule has 138 valence electrons. The van der Waals surface area contributed by atoms with E-state index in [2.05, 4.69) is 6.92 Å². The standard InChI is InChI=1S/C22H21NO4/c1-14-10-11-18-19(12-14)21(25)23(20(18)24)16-8-5-9-17(13-16)27-22(26)15-6-3-2-4-7-15/h2-9,13-14,18-19H,10-12H2,1H3/t14-,18+,19+/m1/s1. The van der Waals surface area contributed by atoms with Gasteiger partial charge in [0.15, 0.2) is 0 Å². The van der Waals surface area contributed by atoms with E-state index < -0.39 is 5.97 Å². The van der Waals surface area contributed by atoms with Crippen LogP contribution >= 0.6 is 0 Å². The van der Waals surface area contributed by atoms with Crippen molar-refractivity contribution in [1.82, 2.24) is 0 Å². The highest BCUT2D eigenvalue weighted by Crippen LogP contribution is 2.42. The summed E-state index contributed by atoms with van der Waals surface area (Å²) in [5, 5.41) is 0. The van der Waals surface area contributed by atoms with Crippen LogP contribution in [-0.4, -0.2) is 17.8 Å². The van der Waals surface area contributed by atoms with E-state index in [9.17, 15) is 14.4 Å².